The SMILES string of the molecule is CCCCCCCCCCCCCO[Si]([O-])([O-])[O-].[Na+].[Na+].[Na+]. The fourth-order valence-electron chi connectivity index (χ4n) is 1.96. The molecule has 0 unspecified atom stereocenters. The first-order valence-electron chi connectivity index (χ1n) is 7.31. The van der Waals surface area contributed by atoms with Gasteiger partial charge in [-0.3, -0.25) is 0 Å². The van der Waals surface area contributed by atoms with E-state index in [0.29, 0.717) is 6.42 Å². The zero-order chi connectivity index (χ0) is 13.7. The molecule has 8 heteroatoms. The van der Waals surface area contributed by atoms with E-state index >= 15 is 0 Å². The van der Waals surface area contributed by atoms with E-state index in [2.05, 4.69) is 11.3 Å². The van der Waals surface area contributed by atoms with Crippen molar-refractivity contribution in [2.24, 2.45) is 0 Å². The van der Waals surface area contributed by atoms with E-state index < -0.39 is 9.05 Å². The summed E-state index contributed by atoms with van der Waals surface area (Å²) in [5.74, 6) is 0. The van der Waals surface area contributed by atoms with Crippen molar-refractivity contribution in [2.45, 2.75) is 77.6 Å². The van der Waals surface area contributed by atoms with Crippen molar-refractivity contribution in [1.82, 2.24) is 0 Å². The van der Waals surface area contributed by atoms with Gasteiger partial charge >= 0.3 is 88.7 Å². The van der Waals surface area contributed by atoms with Crippen LogP contribution in [-0.2, 0) is 4.43 Å². The van der Waals surface area contributed by atoms with Crippen LogP contribution in [0.1, 0.15) is 77.6 Å². The fourth-order valence-corrected chi connectivity index (χ4v) is 2.36. The van der Waals surface area contributed by atoms with Crippen LogP contribution in [0, 0.1) is 0 Å². The molecule has 0 amide bonds. The second-order valence-electron chi connectivity index (χ2n) is 4.88. The van der Waals surface area contributed by atoms with Crippen molar-refractivity contribution < 1.29 is 107 Å². The van der Waals surface area contributed by atoms with Crippen LogP contribution < -0.4 is 103 Å². The van der Waals surface area contributed by atoms with Crippen molar-refractivity contribution in [2.75, 3.05) is 6.61 Å². The Morgan fingerprint density at radius 3 is 1.29 bits per heavy atom. The van der Waals surface area contributed by atoms with E-state index in [9.17, 15) is 14.4 Å². The van der Waals surface area contributed by atoms with Gasteiger partial charge in [-0.25, -0.2) is 0 Å². The van der Waals surface area contributed by atoms with Crippen LogP contribution >= 0.6 is 0 Å². The molecule has 0 bridgehead atoms. The number of rotatable bonds is 13. The van der Waals surface area contributed by atoms with Crippen LogP contribution in [0.4, 0.5) is 0 Å². The molecule has 0 aromatic heterocycles. The third kappa shape index (κ3) is 31.4. The van der Waals surface area contributed by atoms with Gasteiger partial charge < -0.3 is 18.8 Å². The summed E-state index contributed by atoms with van der Waals surface area (Å²) < 4.78 is 4.18. The predicted octanol–water partition coefficient (Wildman–Crippen LogP) is -8.16. The van der Waals surface area contributed by atoms with Crippen LogP contribution in [0.5, 0.6) is 0 Å². The minimum Gasteiger partial charge on any atom is -0.861 e. The molecule has 0 spiro atoms. The Hall–Kier alpha value is 3.06. The average Bonchev–Trinajstić information content (AvgIpc) is 2.29. The second-order valence-corrected chi connectivity index (χ2v) is 6.17. The predicted molar refractivity (Wildman–Crippen MR) is 68.2 cm³/mol. The molecule has 0 aliphatic carbocycles. The first-order valence-corrected chi connectivity index (χ1v) is 8.95. The van der Waals surface area contributed by atoms with Crippen LogP contribution in [0.2, 0.25) is 0 Å². The van der Waals surface area contributed by atoms with Gasteiger partial charge in [0.15, 0.2) is 0 Å². The Morgan fingerprint density at radius 1 is 0.619 bits per heavy atom. The Balaban J connectivity index is -0.000000482. The maximum Gasteiger partial charge on any atom is 1.00 e. The molecule has 0 radical (unpaired) electrons. The minimum absolute atomic E-state index is 0. The third-order valence-corrected chi connectivity index (χ3v) is 3.58. The molecule has 0 aromatic rings. The third-order valence-electron chi connectivity index (χ3n) is 3.03. The summed E-state index contributed by atoms with van der Waals surface area (Å²) in [7, 11) is -5.00. The summed E-state index contributed by atoms with van der Waals surface area (Å²) >= 11 is 0. The van der Waals surface area contributed by atoms with E-state index in [4.69, 9.17) is 0 Å². The molecular formula is C13H27Na3O4Si. The van der Waals surface area contributed by atoms with Crippen LogP contribution in [-0.4, -0.2) is 15.7 Å². The van der Waals surface area contributed by atoms with E-state index in [-0.39, 0.29) is 95.3 Å². The quantitative estimate of drug-likeness (QED) is 0.246. The molecule has 0 N–H and O–H groups in total. The van der Waals surface area contributed by atoms with Gasteiger partial charge in [0.1, 0.15) is 0 Å². The number of hydrogen-bond donors (Lipinski definition) is 0. The molecule has 110 valence electrons. The molecule has 0 rings (SSSR count). The smallest absolute Gasteiger partial charge is 0.861 e. The molecular weight excluding hydrogens is 317 g/mol. The first-order chi connectivity index (χ1) is 8.56. The molecule has 0 saturated heterocycles. The van der Waals surface area contributed by atoms with Gasteiger partial charge in [-0.2, -0.15) is 0 Å². The van der Waals surface area contributed by atoms with Gasteiger partial charge in [-0.1, -0.05) is 71.1 Å². The largest absolute Gasteiger partial charge is 1.00 e. The maximum atomic E-state index is 10.2. The van der Waals surface area contributed by atoms with E-state index in [1.165, 1.54) is 51.4 Å². The summed E-state index contributed by atoms with van der Waals surface area (Å²) in [6.45, 7) is 2.28. The summed E-state index contributed by atoms with van der Waals surface area (Å²) in [6.07, 6.45) is 13.2. The Morgan fingerprint density at radius 2 is 0.952 bits per heavy atom. The number of unbranched alkanes of at least 4 members (excludes halogenated alkanes) is 10. The van der Waals surface area contributed by atoms with Crippen LogP contribution in [0.3, 0.4) is 0 Å². The van der Waals surface area contributed by atoms with Crippen molar-refractivity contribution in [3.63, 3.8) is 0 Å². The summed E-state index contributed by atoms with van der Waals surface area (Å²) in [5, 5.41) is 0. The van der Waals surface area contributed by atoms with Crippen molar-refractivity contribution in [3.05, 3.63) is 0 Å². The van der Waals surface area contributed by atoms with Gasteiger partial charge in [0.05, 0.1) is 0 Å². The van der Waals surface area contributed by atoms with Gasteiger partial charge in [0.2, 0.25) is 0 Å². The number of hydrogen-bond acceptors (Lipinski definition) is 4. The fraction of sp³-hybridized carbons (Fsp3) is 1.00. The van der Waals surface area contributed by atoms with Crippen molar-refractivity contribution >= 4 is 9.05 Å². The molecule has 0 heterocycles. The molecule has 0 aliphatic rings. The van der Waals surface area contributed by atoms with E-state index in [1.54, 1.807) is 0 Å². The Bertz CT molecular complexity index is 183. The molecule has 0 atom stereocenters. The van der Waals surface area contributed by atoms with Gasteiger partial charge in [-0.05, 0) is 6.42 Å². The van der Waals surface area contributed by atoms with Crippen molar-refractivity contribution in [1.29, 1.82) is 0 Å². The minimum atomic E-state index is -5.00. The summed E-state index contributed by atoms with van der Waals surface area (Å²) in [4.78, 5) is 30.6. The first kappa shape index (κ1) is 31.8. The zero-order valence-electron chi connectivity index (χ0n) is 14.6. The molecule has 0 saturated carbocycles. The molecule has 0 aromatic carbocycles. The standard InChI is InChI=1S/C13H27O4Si.3Na/c1-2-3-4-5-6-7-8-9-10-11-12-13-17-18(14,15)16;;;/h2-13H2,1H3;;;/q-3;3*+1. The van der Waals surface area contributed by atoms with Gasteiger partial charge in [0.25, 0.3) is 0 Å². The molecule has 0 aliphatic heterocycles. The molecule has 0 fully saturated rings. The van der Waals surface area contributed by atoms with E-state index in [1.807, 2.05) is 0 Å². The van der Waals surface area contributed by atoms with Crippen molar-refractivity contribution in [3.8, 4) is 0 Å². The summed E-state index contributed by atoms with van der Waals surface area (Å²) in [6, 6.07) is 0. The van der Waals surface area contributed by atoms with E-state index in [0.717, 1.165) is 12.8 Å². The van der Waals surface area contributed by atoms with Gasteiger partial charge in [0, 0.05) is 6.61 Å². The van der Waals surface area contributed by atoms with Crippen LogP contribution in [0.15, 0.2) is 0 Å². The Kier molecular flexibility index (Phi) is 34.9. The maximum absolute atomic E-state index is 10.2. The summed E-state index contributed by atoms with van der Waals surface area (Å²) in [5.41, 5.74) is 0. The molecule has 4 nitrogen and oxygen atoms in total. The van der Waals surface area contributed by atoms with Gasteiger partial charge in [-0.15, -0.1) is 9.05 Å². The van der Waals surface area contributed by atoms with Crippen LogP contribution in [0.25, 0.3) is 0 Å². The molecule has 21 heavy (non-hydrogen) atoms. The zero-order valence-corrected chi connectivity index (χ0v) is 21.6. The second kappa shape index (κ2) is 23.1. The average molecular weight is 344 g/mol. The normalized spacial score (nSPS) is 10.3. The topological polar surface area (TPSA) is 78.4 Å². The Labute approximate surface area is 198 Å². The monoisotopic (exact) mass is 344 g/mol.